The molecular weight excluding hydrogens is 252 g/mol. The minimum atomic E-state index is -0.0658. The van der Waals surface area contributed by atoms with Gasteiger partial charge in [-0.3, -0.25) is 9.59 Å². The molecule has 110 valence electrons. The van der Waals surface area contributed by atoms with E-state index in [1.54, 1.807) is 0 Å². The van der Waals surface area contributed by atoms with E-state index >= 15 is 0 Å². The Morgan fingerprint density at radius 3 is 2.75 bits per heavy atom. The second-order valence-electron chi connectivity index (χ2n) is 6.78. The molecule has 2 saturated carbocycles. The van der Waals surface area contributed by atoms with Crippen molar-refractivity contribution in [1.29, 1.82) is 0 Å². The van der Waals surface area contributed by atoms with E-state index in [4.69, 9.17) is 4.74 Å². The summed E-state index contributed by atoms with van der Waals surface area (Å²) in [4.78, 5) is 23.6. The maximum Gasteiger partial charge on any atom is 0.306 e. The predicted octanol–water partition coefficient (Wildman–Crippen LogP) is 3.28. The Balaban J connectivity index is 1.62. The lowest BCUT2D eigenvalue weighted by Gasteiger charge is -2.19. The van der Waals surface area contributed by atoms with E-state index in [1.165, 1.54) is 19.3 Å². The Morgan fingerprint density at radius 2 is 2.00 bits per heavy atom. The van der Waals surface area contributed by atoms with Gasteiger partial charge in [-0.1, -0.05) is 32.3 Å². The lowest BCUT2D eigenvalue weighted by Crippen LogP contribution is -2.17. The smallest absolute Gasteiger partial charge is 0.306 e. The van der Waals surface area contributed by atoms with Crippen LogP contribution in [0.5, 0.6) is 0 Å². The molecule has 0 N–H and O–H groups in total. The highest BCUT2D eigenvalue weighted by molar-refractivity contribution is 5.91. The third-order valence-corrected chi connectivity index (χ3v) is 5.41. The molecule has 0 unspecified atom stereocenters. The third kappa shape index (κ3) is 2.68. The van der Waals surface area contributed by atoms with Crippen molar-refractivity contribution in [2.75, 3.05) is 0 Å². The van der Waals surface area contributed by atoms with Crippen molar-refractivity contribution in [1.82, 2.24) is 0 Å². The Kier molecular flexibility index (Phi) is 3.95. The molecule has 3 heteroatoms. The molecule has 0 bridgehead atoms. The normalized spacial score (nSPS) is 38.1. The molecular formula is C17H24O3. The fourth-order valence-electron chi connectivity index (χ4n) is 4.24. The number of hydrogen-bond acceptors (Lipinski definition) is 3. The maximum atomic E-state index is 12.2. The maximum absolute atomic E-state index is 12.2. The number of hydrogen-bond donors (Lipinski definition) is 0. The van der Waals surface area contributed by atoms with Crippen LogP contribution in [0.3, 0.4) is 0 Å². The van der Waals surface area contributed by atoms with E-state index in [1.807, 2.05) is 6.08 Å². The fraction of sp³-hybridized carbons (Fsp3) is 0.765. The van der Waals surface area contributed by atoms with Crippen molar-refractivity contribution < 1.29 is 14.3 Å². The predicted molar refractivity (Wildman–Crippen MR) is 76.0 cm³/mol. The van der Waals surface area contributed by atoms with Gasteiger partial charge in [0.25, 0.3) is 0 Å². The van der Waals surface area contributed by atoms with Gasteiger partial charge in [0.05, 0.1) is 6.42 Å². The van der Waals surface area contributed by atoms with E-state index in [2.05, 4.69) is 13.0 Å². The monoisotopic (exact) mass is 276 g/mol. The summed E-state index contributed by atoms with van der Waals surface area (Å²) in [6, 6.07) is 0. The van der Waals surface area contributed by atoms with Crippen molar-refractivity contribution in [3.05, 3.63) is 12.2 Å². The Hall–Kier alpha value is -1.12. The van der Waals surface area contributed by atoms with Crippen LogP contribution in [0.25, 0.3) is 0 Å². The molecule has 0 aromatic carbocycles. The van der Waals surface area contributed by atoms with Gasteiger partial charge in [0.1, 0.15) is 6.10 Å². The zero-order chi connectivity index (χ0) is 14.1. The summed E-state index contributed by atoms with van der Waals surface area (Å²) in [5, 5.41) is 0. The van der Waals surface area contributed by atoms with E-state index < -0.39 is 0 Å². The summed E-state index contributed by atoms with van der Waals surface area (Å²) < 4.78 is 5.35. The number of allylic oxidation sites excluding steroid dienone is 2. The Labute approximate surface area is 120 Å². The zero-order valence-corrected chi connectivity index (χ0v) is 12.2. The molecule has 1 aliphatic heterocycles. The van der Waals surface area contributed by atoms with Crippen LogP contribution in [0.4, 0.5) is 0 Å². The highest BCUT2D eigenvalue weighted by Crippen LogP contribution is 2.45. The van der Waals surface area contributed by atoms with Crippen LogP contribution in [-0.2, 0) is 14.3 Å². The van der Waals surface area contributed by atoms with Crippen LogP contribution in [0.2, 0.25) is 0 Å². The second-order valence-corrected chi connectivity index (χ2v) is 6.78. The lowest BCUT2D eigenvalue weighted by molar-refractivity contribution is -0.141. The van der Waals surface area contributed by atoms with Gasteiger partial charge in [0.15, 0.2) is 5.78 Å². The van der Waals surface area contributed by atoms with Crippen LogP contribution >= 0.6 is 0 Å². The molecule has 4 atom stereocenters. The summed E-state index contributed by atoms with van der Waals surface area (Å²) in [5.74, 6) is 1.61. The van der Waals surface area contributed by atoms with Crippen LogP contribution in [0, 0.1) is 23.7 Å². The van der Waals surface area contributed by atoms with Gasteiger partial charge in [-0.15, -0.1) is 0 Å². The van der Waals surface area contributed by atoms with Crippen molar-refractivity contribution in [2.24, 2.45) is 23.7 Å². The van der Waals surface area contributed by atoms with E-state index in [0.29, 0.717) is 30.0 Å². The number of ketones is 1. The van der Waals surface area contributed by atoms with Crippen LogP contribution in [-0.4, -0.2) is 17.9 Å². The molecule has 1 saturated heterocycles. The molecule has 20 heavy (non-hydrogen) atoms. The Morgan fingerprint density at radius 1 is 1.25 bits per heavy atom. The van der Waals surface area contributed by atoms with Gasteiger partial charge >= 0.3 is 5.97 Å². The standard InChI is InChI=1S/C17H24O3/c1-11-9-16-14(10-17(19)20-16)13(11)7-8-15(18)12-5-3-2-4-6-12/h7-8,11-14,16H,2-6,9-10H2,1H3/b8-7+/t11-,13+,14-,16+/m1/s1. The summed E-state index contributed by atoms with van der Waals surface area (Å²) in [5.41, 5.74) is 0. The van der Waals surface area contributed by atoms with Crippen molar-refractivity contribution in [3.8, 4) is 0 Å². The largest absolute Gasteiger partial charge is 0.462 e. The minimum absolute atomic E-state index is 0.0658. The Bertz CT molecular complexity index is 420. The van der Waals surface area contributed by atoms with Crippen LogP contribution in [0.15, 0.2) is 12.2 Å². The number of fused-ring (bicyclic) bond motifs is 1. The van der Waals surface area contributed by atoms with Crippen molar-refractivity contribution in [3.63, 3.8) is 0 Å². The van der Waals surface area contributed by atoms with Gasteiger partial charge in [-0.25, -0.2) is 0 Å². The van der Waals surface area contributed by atoms with Gasteiger partial charge in [-0.2, -0.15) is 0 Å². The summed E-state index contributed by atoms with van der Waals surface area (Å²) in [7, 11) is 0. The average Bonchev–Trinajstić information content (AvgIpc) is 2.92. The quantitative estimate of drug-likeness (QED) is 0.587. The second kappa shape index (κ2) is 5.71. The molecule has 3 fully saturated rings. The first-order chi connectivity index (χ1) is 9.65. The number of rotatable bonds is 3. The summed E-state index contributed by atoms with van der Waals surface area (Å²) >= 11 is 0. The molecule has 1 heterocycles. The number of carbonyl (C=O) groups is 2. The molecule has 0 radical (unpaired) electrons. The topological polar surface area (TPSA) is 43.4 Å². The number of esters is 1. The first-order valence-electron chi connectivity index (χ1n) is 8.06. The molecule has 0 amide bonds. The highest BCUT2D eigenvalue weighted by atomic mass is 16.6. The molecule has 2 aliphatic carbocycles. The van der Waals surface area contributed by atoms with Gasteiger partial charge in [-0.05, 0) is 37.2 Å². The van der Waals surface area contributed by atoms with Gasteiger partial charge in [0.2, 0.25) is 0 Å². The van der Waals surface area contributed by atoms with E-state index in [0.717, 1.165) is 19.3 Å². The van der Waals surface area contributed by atoms with Gasteiger partial charge < -0.3 is 4.74 Å². The molecule has 0 aromatic heterocycles. The summed E-state index contributed by atoms with van der Waals surface area (Å²) in [6.45, 7) is 2.20. The number of ether oxygens (including phenoxy) is 1. The molecule has 3 aliphatic rings. The van der Waals surface area contributed by atoms with Crippen LogP contribution < -0.4 is 0 Å². The zero-order valence-electron chi connectivity index (χ0n) is 12.2. The van der Waals surface area contributed by atoms with Crippen molar-refractivity contribution >= 4 is 11.8 Å². The van der Waals surface area contributed by atoms with E-state index in [-0.39, 0.29) is 18.0 Å². The molecule has 3 nitrogen and oxygen atoms in total. The number of carbonyl (C=O) groups excluding carboxylic acids is 2. The highest BCUT2D eigenvalue weighted by Gasteiger charge is 2.47. The lowest BCUT2D eigenvalue weighted by atomic mass is 9.84. The van der Waals surface area contributed by atoms with Crippen LogP contribution in [0.1, 0.15) is 51.9 Å². The van der Waals surface area contributed by atoms with Gasteiger partial charge in [0, 0.05) is 11.8 Å². The average molecular weight is 276 g/mol. The SMILES string of the molecule is C[C@@H]1C[C@@H]2OC(=O)C[C@@H]2[C@H]1/C=C/C(=O)C1CCCCC1. The molecule has 0 aromatic rings. The van der Waals surface area contributed by atoms with Crippen molar-refractivity contribution in [2.45, 2.75) is 58.0 Å². The molecule has 0 spiro atoms. The fourth-order valence-corrected chi connectivity index (χ4v) is 4.24. The minimum Gasteiger partial charge on any atom is -0.462 e. The summed E-state index contributed by atoms with van der Waals surface area (Å²) in [6.07, 6.45) is 11.2. The van der Waals surface area contributed by atoms with E-state index in [9.17, 15) is 9.59 Å². The first kappa shape index (κ1) is 13.8. The third-order valence-electron chi connectivity index (χ3n) is 5.41. The first-order valence-corrected chi connectivity index (χ1v) is 8.06. The molecule has 3 rings (SSSR count).